The highest BCUT2D eigenvalue weighted by atomic mass is 32.1. The average Bonchev–Trinajstić information content (AvgIpc) is 3.13. The number of anilines is 1. The fraction of sp³-hybridized carbons (Fsp3) is 0.462. The fourth-order valence-corrected chi connectivity index (χ4v) is 2.99. The second-order valence-electron chi connectivity index (χ2n) is 4.77. The Morgan fingerprint density at radius 1 is 1.47 bits per heavy atom. The molecule has 5 nitrogen and oxygen atoms in total. The van der Waals surface area contributed by atoms with Gasteiger partial charge in [0.2, 0.25) is 0 Å². The minimum atomic E-state index is 0.549. The van der Waals surface area contributed by atoms with Crippen molar-refractivity contribution in [1.29, 1.82) is 5.26 Å². The summed E-state index contributed by atoms with van der Waals surface area (Å²) in [5.41, 5.74) is 5.95. The quantitative estimate of drug-likeness (QED) is 0.903. The van der Waals surface area contributed by atoms with Crippen molar-refractivity contribution < 1.29 is 0 Å². The Kier molecular flexibility index (Phi) is 3.32. The van der Waals surface area contributed by atoms with E-state index < -0.39 is 0 Å². The summed E-state index contributed by atoms with van der Waals surface area (Å²) >= 11 is 1.58. The van der Waals surface area contributed by atoms with E-state index >= 15 is 0 Å². The van der Waals surface area contributed by atoms with Gasteiger partial charge >= 0.3 is 0 Å². The predicted octanol–water partition coefficient (Wildman–Crippen LogP) is 2.15. The first-order valence-electron chi connectivity index (χ1n) is 6.38. The first kappa shape index (κ1) is 12.3. The van der Waals surface area contributed by atoms with Gasteiger partial charge in [-0.1, -0.05) is 0 Å². The molecule has 0 radical (unpaired) electrons. The van der Waals surface area contributed by atoms with Crippen LogP contribution in [0.3, 0.4) is 0 Å². The topological polar surface area (TPSA) is 78.8 Å². The van der Waals surface area contributed by atoms with Crippen LogP contribution in [0.5, 0.6) is 0 Å². The van der Waals surface area contributed by atoms with Crippen LogP contribution in [0.15, 0.2) is 11.4 Å². The molecule has 2 N–H and O–H groups in total. The maximum atomic E-state index is 8.71. The molecular weight excluding hydrogens is 258 g/mol. The smallest absolute Gasteiger partial charge is 0.146 e. The Bertz CT molecular complexity index is 625. The van der Waals surface area contributed by atoms with Gasteiger partial charge in [-0.05, 0) is 24.3 Å². The van der Waals surface area contributed by atoms with Gasteiger partial charge in [-0.2, -0.15) is 5.26 Å². The Morgan fingerprint density at radius 3 is 3.05 bits per heavy atom. The highest BCUT2D eigenvalue weighted by Gasteiger charge is 2.29. The lowest BCUT2D eigenvalue weighted by atomic mass is 10.3. The van der Waals surface area contributed by atoms with E-state index in [0.29, 0.717) is 24.8 Å². The number of nitrogens with zero attached hydrogens (tertiary/aromatic N) is 4. The molecule has 1 fully saturated rings. The average molecular weight is 273 g/mol. The van der Waals surface area contributed by atoms with Gasteiger partial charge in [-0.25, -0.2) is 9.97 Å². The van der Waals surface area contributed by atoms with E-state index in [4.69, 9.17) is 11.0 Å². The van der Waals surface area contributed by atoms with Crippen LogP contribution >= 0.6 is 11.3 Å². The first-order valence-corrected chi connectivity index (χ1v) is 7.26. The van der Waals surface area contributed by atoms with Gasteiger partial charge in [0.1, 0.15) is 16.5 Å². The number of thiophene rings is 1. The molecule has 1 saturated carbocycles. The molecule has 0 amide bonds. The van der Waals surface area contributed by atoms with E-state index in [1.165, 1.54) is 12.8 Å². The van der Waals surface area contributed by atoms with Crippen molar-refractivity contribution in [3.05, 3.63) is 17.3 Å². The maximum Gasteiger partial charge on any atom is 0.146 e. The highest BCUT2D eigenvalue weighted by Crippen LogP contribution is 2.29. The number of nitrogens with two attached hydrogens (primary N) is 1. The van der Waals surface area contributed by atoms with E-state index in [0.717, 1.165) is 22.6 Å². The zero-order chi connectivity index (χ0) is 13.2. The number of nitriles is 1. The summed E-state index contributed by atoms with van der Waals surface area (Å²) in [5, 5.41) is 11.6. The largest absolute Gasteiger partial charge is 0.383 e. The molecule has 6 heteroatoms. The van der Waals surface area contributed by atoms with Gasteiger partial charge in [0, 0.05) is 19.0 Å². The van der Waals surface area contributed by atoms with Crippen LogP contribution in [0.2, 0.25) is 0 Å². The van der Waals surface area contributed by atoms with Crippen LogP contribution in [-0.2, 0) is 6.54 Å². The molecule has 2 aromatic heterocycles. The van der Waals surface area contributed by atoms with Gasteiger partial charge in [0.15, 0.2) is 0 Å². The molecule has 0 bridgehead atoms. The second kappa shape index (κ2) is 5.11. The molecule has 2 aromatic rings. The van der Waals surface area contributed by atoms with E-state index in [1.54, 1.807) is 11.3 Å². The number of hydrogen-bond acceptors (Lipinski definition) is 6. The fourth-order valence-electron chi connectivity index (χ4n) is 2.20. The molecule has 1 aliphatic rings. The van der Waals surface area contributed by atoms with Gasteiger partial charge in [0.05, 0.1) is 18.0 Å². The third-order valence-electron chi connectivity index (χ3n) is 3.32. The molecule has 0 spiro atoms. The Hall–Kier alpha value is -1.71. The van der Waals surface area contributed by atoms with Crippen LogP contribution in [-0.4, -0.2) is 27.5 Å². The van der Waals surface area contributed by atoms with E-state index in [-0.39, 0.29) is 0 Å². The van der Waals surface area contributed by atoms with Crippen molar-refractivity contribution in [2.24, 2.45) is 0 Å². The number of aromatic nitrogens is 2. The molecule has 19 heavy (non-hydrogen) atoms. The second-order valence-corrected chi connectivity index (χ2v) is 5.67. The molecule has 1 aliphatic carbocycles. The van der Waals surface area contributed by atoms with Gasteiger partial charge in [-0.15, -0.1) is 11.3 Å². The standard InChI is InChI=1S/C13H15N5S/c14-5-1-6-18(9-2-3-9)8-11-16-12(15)10-4-7-19-13(10)17-11/h4,7,9H,1-3,6,8H2,(H2,15,16,17). The molecule has 0 atom stereocenters. The summed E-state index contributed by atoms with van der Waals surface area (Å²) in [5.74, 6) is 1.31. The summed E-state index contributed by atoms with van der Waals surface area (Å²) in [7, 11) is 0. The first-order chi connectivity index (χ1) is 9.28. The lowest BCUT2D eigenvalue weighted by Crippen LogP contribution is -2.27. The molecule has 3 rings (SSSR count). The van der Waals surface area contributed by atoms with Gasteiger partial charge in [-0.3, -0.25) is 4.90 Å². The van der Waals surface area contributed by atoms with Crippen molar-refractivity contribution in [2.45, 2.75) is 31.8 Å². The number of nitrogen functional groups attached to an aromatic ring is 1. The molecular formula is C13H15N5S. The monoisotopic (exact) mass is 273 g/mol. The third-order valence-corrected chi connectivity index (χ3v) is 4.13. The van der Waals surface area contributed by atoms with E-state index in [2.05, 4.69) is 20.9 Å². The van der Waals surface area contributed by atoms with E-state index in [1.807, 2.05) is 11.4 Å². The Morgan fingerprint density at radius 2 is 2.32 bits per heavy atom. The molecule has 0 aromatic carbocycles. The van der Waals surface area contributed by atoms with Crippen LogP contribution in [0.4, 0.5) is 5.82 Å². The number of hydrogen-bond donors (Lipinski definition) is 1. The lowest BCUT2D eigenvalue weighted by molar-refractivity contribution is 0.255. The minimum Gasteiger partial charge on any atom is -0.383 e. The van der Waals surface area contributed by atoms with Gasteiger partial charge < -0.3 is 5.73 Å². The summed E-state index contributed by atoms with van der Waals surface area (Å²) in [6.07, 6.45) is 2.97. The predicted molar refractivity (Wildman–Crippen MR) is 75.5 cm³/mol. The van der Waals surface area contributed by atoms with Crippen LogP contribution in [0.25, 0.3) is 10.2 Å². The maximum absolute atomic E-state index is 8.71. The normalized spacial score (nSPS) is 14.9. The summed E-state index contributed by atoms with van der Waals surface area (Å²) in [6, 6.07) is 4.74. The van der Waals surface area contributed by atoms with Crippen molar-refractivity contribution >= 4 is 27.4 Å². The van der Waals surface area contributed by atoms with Crippen molar-refractivity contribution in [1.82, 2.24) is 14.9 Å². The lowest BCUT2D eigenvalue weighted by Gasteiger charge is -2.19. The van der Waals surface area contributed by atoms with Crippen molar-refractivity contribution in [2.75, 3.05) is 12.3 Å². The van der Waals surface area contributed by atoms with Crippen molar-refractivity contribution in [3.8, 4) is 6.07 Å². The third kappa shape index (κ3) is 2.67. The molecule has 98 valence electrons. The Balaban J connectivity index is 1.81. The van der Waals surface area contributed by atoms with E-state index in [9.17, 15) is 0 Å². The highest BCUT2D eigenvalue weighted by molar-refractivity contribution is 7.16. The molecule has 0 aliphatic heterocycles. The summed E-state index contributed by atoms with van der Waals surface area (Å²) in [4.78, 5) is 12.2. The molecule has 2 heterocycles. The SMILES string of the molecule is N#CCCN(Cc1nc(N)c2ccsc2n1)C1CC1. The Labute approximate surface area is 115 Å². The van der Waals surface area contributed by atoms with Gasteiger partial charge in [0.25, 0.3) is 0 Å². The van der Waals surface area contributed by atoms with Crippen LogP contribution in [0.1, 0.15) is 25.1 Å². The van der Waals surface area contributed by atoms with Crippen molar-refractivity contribution in [3.63, 3.8) is 0 Å². The summed E-state index contributed by atoms with van der Waals surface area (Å²) < 4.78 is 0. The minimum absolute atomic E-state index is 0.549. The summed E-state index contributed by atoms with van der Waals surface area (Å²) in [6.45, 7) is 1.47. The van der Waals surface area contributed by atoms with Crippen LogP contribution in [0, 0.1) is 11.3 Å². The zero-order valence-corrected chi connectivity index (χ0v) is 11.4. The zero-order valence-electron chi connectivity index (χ0n) is 10.5. The van der Waals surface area contributed by atoms with Crippen LogP contribution < -0.4 is 5.73 Å². The number of rotatable bonds is 5. The molecule has 0 unspecified atom stereocenters. The number of fused-ring (bicyclic) bond motifs is 1. The molecule has 0 saturated heterocycles.